The Labute approximate surface area is 107 Å². The molecule has 0 saturated carbocycles. The molecule has 2 rings (SSSR count). The largest absolute Gasteiger partial charge is 0.464 e. The molecule has 3 atom stereocenters. The first-order valence-corrected chi connectivity index (χ1v) is 6.42. The van der Waals surface area contributed by atoms with Crippen LogP contribution in [0.5, 0.6) is 0 Å². The van der Waals surface area contributed by atoms with Crippen LogP contribution in [0.25, 0.3) is 0 Å². The molecule has 5 nitrogen and oxygen atoms in total. The Kier molecular flexibility index (Phi) is 2.93. The molecule has 1 N–H and O–H groups in total. The third-order valence-corrected chi connectivity index (χ3v) is 4.18. The summed E-state index contributed by atoms with van der Waals surface area (Å²) in [5, 5.41) is 10.9. The first-order valence-electron chi connectivity index (χ1n) is 6.42. The summed E-state index contributed by atoms with van der Waals surface area (Å²) >= 11 is 0. The van der Waals surface area contributed by atoms with Gasteiger partial charge in [-0.3, -0.25) is 4.79 Å². The van der Waals surface area contributed by atoms with Crippen LogP contribution in [-0.4, -0.2) is 46.2 Å². The Morgan fingerprint density at radius 3 is 2.61 bits per heavy atom. The minimum Gasteiger partial charge on any atom is -0.464 e. The van der Waals surface area contributed by atoms with Crippen molar-refractivity contribution in [3.63, 3.8) is 0 Å². The standard InChI is InChI=1S/C13H21NO4/c1-5-18-11(16)10-13(17,12(2,3)4)7-8-6-9(15)14(8)10/h8,10,17H,5-7H2,1-4H3. The molecular formula is C13H21NO4. The number of aliphatic hydroxyl groups is 1. The lowest BCUT2D eigenvalue weighted by Crippen LogP contribution is -2.61. The highest BCUT2D eigenvalue weighted by Crippen LogP contribution is 2.50. The molecule has 2 heterocycles. The summed E-state index contributed by atoms with van der Waals surface area (Å²) in [5.41, 5.74) is -1.70. The second-order valence-electron chi connectivity index (χ2n) is 6.19. The van der Waals surface area contributed by atoms with Crippen molar-refractivity contribution in [1.82, 2.24) is 4.90 Å². The van der Waals surface area contributed by atoms with E-state index in [2.05, 4.69) is 0 Å². The van der Waals surface area contributed by atoms with Crippen LogP contribution in [0.1, 0.15) is 40.5 Å². The Balaban J connectivity index is 2.35. The summed E-state index contributed by atoms with van der Waals surface area (Å²) in [5.74, 6) is -0.566. The summed E-state index contributed by atoms with van der Waals surface area (Å²) < 4.78 is 5.02. The number of amides is 1. The van der Waals surface area contributed by atoms with Gasteiger partial charge in [0.25, 0.3) is 0 Å². The van der Waals surface area contributed by atoms with Gasteiger partial charge in [-0.15, -0.1) is 0 Å². The molecule has 2 aliphatic rings. The third-order valence-electron chi connectivity index (χ3n) is 4.18. The minimum absolute atomic E-state index is 0.0175. The second-order valence-corrected chi connectivity index (χ2v) is 6.19. The zero-order valence-corrected chi connectivity index (χ0v) is 11.4. The van der Waals surface area contributed by atoms with Crippen molar-refractivity contribution in [3.05, 3.63) is 0 Å². The number of ether oxygens (including phenoxy) is 1. The molecule has 102 valence electrons. The number of carbonyl (C=O) groups is 2. The number of β-lactam (4-membered cyclic amide) rings is 1. The quantitative estimate of drug-likeness (QED) is 0.582. The van der Waals surface area contributed by atoms with Gasteiger partial charge < -0.3 is 14.7 Å². The number of carbonyl (C=O) groups excluding carboxylic acids is 2. The van der Waals surface area contributed by atoms with Crippen molar-refractivity contribution in [1.29, 1.82) is 0 Å². The van der Waals surface area contributed by atoms with E-state index >= 15 is 0 Å². The minimum atomic E-state index is -1.21. The number of rotatable bonds is 2. The van der Waals surface area contributed by atoms with Crippen LogP contribution in [0.2, 0.25) is 0 Å². The number of fused-ring (bicyclic) bond motifs is 1. The molecule has 2 aliphatic heterocycles. The number of esters is 1. The highest BCUT2D eigenvalue weighted by molar-refractivity contribution is 5.91. The fourth-order valence-corrected chi connectivity index (χ4v) is 2.97. The van der Waals surface area contributed by atoms with E-state index in [1.807, 2.05) is 20.8 Å². The van der Waals surface area contributed by atoms with Crippen molar-refractivity contribution >= 4 is 11.9 Å². The fraction of sp³-hybridized carbons (Fsp3) is 0.846. The fourth-order valence-electron chi connectivity index (χ4n) is 2.97. The van der Waals surface area contributed by atoms with Crippen molar-refractivity contribution in [2.45, 2.75) is 58.2 Å². The van der Waals surface area contributed by atoms with Crippen LogP contribution >= 0.6 is 0 Å². The van der Waals surface area contributed by atoms with Gasteiger partial charge in [-0.1, -0.05) is 20.8 Å². The zero-order chi connectivity index (χ0) is 13.7. The molecule has 3 unspecified atom stereocenters. The molecule has 0 spiro atoms. The van der Waals surface area contributed by atoms with Gasteiger partial charge in [0.05, 0.1) is 6.61 Å². The van der Waals surface area contributed by atoms with Crippen LogP contribution in [0, 0.1) is 5.41 Å². The Morgan fingerprint density at radius 1 is 1.56 bits per heavy atom. The summed E-state index contributed by atoms with van der Waals surface area (Å²) in [6.07, 6.45) is 0.875. The van der Waals surface area contributed by atoms with Crippen LogP contribution in [0.4, 0.5) is 0 Å². The molecule has 0 aromatic carbocycles. The van der Waals surface area contributed by atoms with E-state index in [0.29, 0.717) is 12.8 Å². The topological polar surface area (TPSA) is 66.8 Å². The monoisotopic (exact) mass is 255 g/mol. The molecule has 0 aliphatic carbocycles. The molecule has 2 fully saturated rings. The lowest BCUT2D eigenvalue weighted by atomic mass is 9.71. The summed E-state index contributed by atoms with van der Waals surface area (Å²) in [6.45, 7) is 7.63. The van der Waals surface area contributed by atoms with Crippen molar-refractivity contribution in [2.24, 2.45) is 5.41 Å². The lowest BCUT2D eigenvalue weighted by Gasteiger charge is -2.42. The van der Waals surface area contributed by atoms with E-state index in [4.69, 9.17) is 4.74 Å². The number of hydrogen-bond donors (Lipinski definition) is 1. The Morgan fingerprint density at radius 2 is 2.17 bits per heavy atom. The van der Waals surface area contributed by atoms with Gasteiger partial charge in [0, 0.05) is 18.9 Å². The SMILES string of the molecule is CCOC(=O)C1N2C(=O)CC2CC1(O)C(C)(C)C. The maximum atomic E-state index is 12.1. The van der Waals surface area contributed by atoms with Gasteiger partial charge in [0.1, 0.15) is 5.60 Å². The maximum absolute atomic E-state index is 12.1. The van der Waals surface area contributed by atoms with Crippen molar-refractivity contribution in [2.75, 3.05) is 6.61 Å². The molecule has 2 saturated heterocycles. The molecule has 0 aromatic heterocycles. The van der Waals surface area contributed by atoms with Gasteiger partial charge >= 0.3 is 5.97 Å². The van der Waals surface area contributed by atoms with E-state index in [1.165, 1.54) is 4.90 Å². The van der Waals surface area contributed by atoms with E-state index in [0.717, 1.165) is 0 Å². The van der Waals surface area contributed by atoms with E-state index in [-0.39, 0.29) is 18.6 Å². The van der Waals surface area contributed by atoms with Gasteiger partial charge in [0.15, 0.2) is 6.04 Å². The zero-order valence-electron chi connectivity index (χ0n) is 11.4. The van der Waals surface area contributed by atoms with Gasteiger partial charge in [-0.2, -0.15) is 0 Å². The molecule has 0 radical (unpaired) electrons. The van der Waals surface area contributed by atoms with Crippen molar-refractivity contribution < 1.29 is 19.4 Å². The predicted molar refractivity (Wildman–Crippen MR) is 64.7 cm³/mol. The van der Waals surface area contributed by atoms with Crippen LogP contribution in [0.15, 0.2) is 0 Å². The van der Waals surface area contributed by atoms with Crippen LogP contribution < -0.4 is 0 Å². The molecule has 5 heteroatoms. The predicted octanol–water partition coefficient (Wildman–Crippen LogP) is 0.700. The highest BCUT2D eigenvalue weighted by Gasteiger charge is 2.65. The Hall–Kier alpha value is -1.10. The summed E-state index contributed by atoms with van der Waals surface area (Å²) in [7, 11) is 0. The maximum Gasteiger partial charge on any atom is 0.331 e. The average molecular weight is 255 g/mol. The Bertz CT molecular complexity index is 387. The summed E-state index contributed by atoms with van der Waals surface area (Å²) in [4.78, 5) is 25.2. The highest BCUT2D eigenvalue weighted by atomic mass is 16.5. The first kappa shape index (κ1) is 13.3. The van der Waals surface area contributed by atoms with E-state index in [9.17, 15) is 14.7 Å². The van der Waals surface area contributed by atoms with Gasteiger partial charge in [-0.05, 0) is 12.3 Å². The number of nitrogens with zero attached hydrogens (tertiary/aromatic N) is 1. The average Bonchev–Trinajstić information content (AvgIpc) is 2.47. The normalized spacial score (nSPS) is 35.2. The van der Waals surface area contributed by atoms with Gasteiger partial charge in [0.2, 0.25) is 5.91 Å². The molecule has 0 aromatic rings. The molecular weight excluding hydrogens is 234 g/mol. The van der Waals surface area contributed by atoms with Crippen molar-refractivity contribution in [3.8, 4) is 0 Å². The summed E-state index contributed by atoms with van der Waals surface area (Å²) in [6, 6.07) is -0.875. The van der Waals surface area contributed by atoms with Gasteiger partial charge in [-0.25, -0.2) is 4.79 Å². The van der Waals surface area contributed by atoms with Crippen LogP contribution in [-0.2, 0) is 14.3 Å². The van der Waals surface area contributed by atoms with E-state index in [1.54, 1.807) is 6.92 Å². The van der Waals surface area contributed by atoms with E-state index < -0.39 is 23.0 Å². The molecule has 0 bridgehead atoms. The first-order chi connectivity index (χ1) is 8.22. The molecule has 1 amide bonds. The second kappa shape index (κ2) is 3.95. The number of hydrogen-bond acceptors (Lipinski definition) is 4. The molecule has 18 heavy (non-hydrogen) atoms. The lowest BCUT2D eigenvalue weighted by molar-refractivity contribution is -0.171. The van der Waals surface area contributed by atoms with Crippen LogP contribution in [0.3, 0.4) is 0 Å². The third kappa shape index (κ3) is 1.64. The smallest absolute Gasteiger partial charge is 0.331 e.